The van der Waals surface area contributed by atoms with Crippen molar-refractivity contribution in [1.82, 2.24) is 10.2 Å². The number of carbonyl (C=O) groups excluding carboxylic acids is 2. The highest BCUT2D eigenvalue weighted by molar-refractivity contribution is 6.01. The van der Waals surface area contributed by atoms with Gasteiger partial charge in [-0.05, 0) is 0 Å². The number of nitrogens with zero attached hydrogens (tertiary/aromatic N) is 1. The first kappa shape index (κ1) is 6.03. The van der Waals surface area contributed by atoms with Crippen molar-refractivity contribution < 1.29 is 14.7 Å². The van der Waals surface area contributed by atoms with Crippen molar-refractivity contribution in [2.24, 2.45) is 0 Å². The van der Waals surface area contributed by atoms with Crippen molar-refractivity contribution >= 4 is 11.9 Å². The highest BCUT2D eigenvalue weighted by Crippen LogP contribution is 1.93. The molecular formula is C4H6N2O3. The second-order valence-corrected chi connectivity index (χ2v) is 1.69. The van der Waals surface area contributed by atoms with Crippen LogP contribution in [-0.2, 0) is 4.79 Å². The van der Waals surface area contributed by atoms with Gasteiger partial charge in [0.25, 0.3) is 0 Å². The summed E-state index contributed by atoms with van der Waals surface area (Å²) in [6, 6.07) is -0.525. The quantitative estimate of drug-likeness (QED) is 0.424. The molecule has 0 unspecified atom stereocenters. The summed E-state index contributed by atoms with van der Waals surface area (Å²) in [4.78, 5) is 21.8. The Bertz CT molecular complexity index is 156. The molecule has 1 aliphatic rings. The minimum Gasteiger partial charge on any atom is -0.376 e. The zero-order chi connectivity index (χ0) is 6.85. The van der Waals surface area contributed by atoms with E-state index in [0.29, 0.717) is 0 Å². The maximum absolute atomic E-state index is 10.4. The van der Waals surface area contributed by atoms with E-state index in [-0.39, 0.29) is 12.5 Å². The Morgan fingerprint density at radius 1 is 1.67 bits per heavy atom. The summed E-state index contributed by atoms with van der Waals surface area (Å²) < 4.78 is 0. The highest BCUT2D eigenvalue weighted by atomic mass is 16.3. The number of urea groups is 1. The molecule has 0 saturated carbocycles. The standard InChI is InChI=1S/C4H6N2O3/c7-2-6-1-3(8)5-4(6)9/h7H,1-2H2,(H,5,8,9). The van der Waals surface area contributed by atoms with Gasteiger partial charge in [0.1, 0.15) is 13.3 Å². The summed E-state index contributed by atoms with van der Waals surface area (Å²) in [5.41, 5.74) is 0. The molecule has 5 heteroatoms. The maximum atomic E-state index is 10.4. The molecule has 0 aromatic carbocycles. The summed E-state index contributed by atoms with van der Waals surface area (Å²) in [6.45, 7) is -0.438. The van der Waals surface area contributed by atoms with Crippen molar-refractivity contribution in [3.63, 3.8) is 0 Å². The minimum atomic E-state index is -0.525. The monoisotopic (exact) mass is 130 g/mol. The second-order valence-electron chi connectivity index (χ2n) is 1.69. The van der Waals surface area contributed by atoms with E-state index in [0.717, 1.165) is 4.90 Å². The number of imide groups is 1. The van der Waals surface area contributed by atoms with E-state index in [1.807, 2.05) is 5.32 Å². The molecule has 2 N–H and O–H groups in total. The van der Waals surface area contributed by atoms with E-state index in [4.69, 9.17) is 5.11 Å². The molecule has 5 nitrogen and oxygen atoms in total. The average molecular weight is 130 g/mol. The van der Waals surface area contributed by atoms with Crippen LogP contribution in [0.5, 0.6) is 0 Å². The van der Waals surface area contributed by atoms with Crippen molar-refractivity contribution in [1.29, 1.82) is 0 Å². The van der Waals surface area contributed by atoms with Gasteiger partial charge in [-0.15, -0.1) is 0 Å². The van der Waals surface area contributed by atoms with Crippen LogP contribution >= 0.6 is 0 Å². The van der Waals surface area contributed by atoms with Crippen LogP contribution in [0.15, 0.2) is 0 Å². The Morgan fingerprint density at radius 3 is 2.56 bits per heavy atom. The van der Waals surface area contributed by atoms with Gasteiger partial charge < -0.3 is 5.11 Å². The number of aliphatic hydroxyl groups excluding tert-OH is 1. The van der Waals surface area contributed by atoms with Gasteiger partial charge in [-0.25, -0.2) is 4.79 Å². The van der Waals surface area contributed by atoms with Gasteiger partial charge in [-0.2, -0.15) is 0 Å². The third-order valence-electron chi connectivity index (χ3n) is 1.04. The summed E-state index contributed by atoms with van der Waals surface area (Å²) in [5.74, 6) is -0.367. The Kier molecular flexibility index (Phi) is 1.35. The highest BCUT2D eigenvalue weighted by Gasteiger charge is 2.25. The summed E-state index contributed by atoms with van der Waals surface area (Å²) in [7, 11) is 0. The lowest BCUT2D eigenvalue weighted by atomic mass is 10.6. The number of nitrogens with one attached hydrogen (secondary N) is 1. The fourth-order valence-corrected chi connectivity index (χ4v) is 0.597. The van der Waals surface area contributed by atoms with Gasteiger partial charge in [-0.3, -0.25) is 15.0 Å². The molecule has 9 heavy (non-hydrogen) atoms. The van der Waals surface area contributed by atoms with E-state index in [1.54, 1.807) is 0 Å². The van der Waals surface area contributed by atoms with Crippen LogP contribution in [-0.4, -0.2) is 35.2 Å². The first-order valence-corrected chi connectivity index (χ1v) is 2.43. The van der Waals surface area contributed by atoms with Gasteiger partial charge in [0, 0.05) is 0 Å². The van der Waals surface area contributed by atoms with Crippen molar-refractivity contribution in [2.75, 3.05) is 13.3 Å². The SMILES string of the molecule is O=C1CN(CO)C(=O)N1. The Morgan fingerprint density at radius 2 is 2.33 bits per heavy atom. The third kappa shape index (κ3) is 0.996. The molecular weight excluding hydrogens is 124 g/mol. The summed E-state index contributed by atoms with van der Waals surface area (Å²) in [6.07, 6.45) is 0. The predicted octanol–water partition coefficient (Wildman–Crippen LogP) is -1.51. The van der Waals surface area contributed by atoms with E-state index in [9.17, 15) is 9.59 Å². The van der Waals surface area contributed by atoms with Crippen molar-refractivity contribution in [3.05, 3.63) is 0 Å². The van der Waals surface area contributed by atoms with E-state index in [2.05, 4.69) is 0 Å². The van der Waals surface area contributed by atoms with Crippen LogP contribution in [0.25, 0.3) is 0 Å². The van der Waals surface area contributed by atoms with E-state index < -0.39 is 12.8 Å². The fourth-order valence-electron chi connectivity index (χ4n) is 0.597. The molecule has 1 rings (SSSR count). The van der Waals surface area contributed by atoms with Gasteiger partial charge >= 0.3 is 6.03 Å². The Hall–Kier alpha value is -1.10. The molecule has 0 spiro atoms. The number of carbonyl (C=O) groups is 2. The molecule has 0 aromatic rings. The number of hydrogen-bond donors (Lipinski definition) is 2. The largest absolute Gasteiger partial charge is 0.376 e. The van der Waals surface area contributed by atoms with Crippen LogP contribution in [0.1, 0.15) is 0 Å². The molecule has 0 radical (unpaired) electrons. The molecule has 0 aliphatic carbocycles. The van der Waals surface area contributed by atoms with Crippen LogP contribution in [0, 0.1) is 0 Å². The van der Waals surface area contributed by atoms with Crippen molar-refractivity contribution in [3.8, 4) is 0 Å². The molecule has 0 atom stereocenters. The fraction of sp³-hybridized carbons (Fsp3) is 0.500. The van der Waals surface area contributed by atoms with Crippen LogP contribution in [0.3, 0.4) is 0 Å². The Labute approximate surface area is 51.3 Å². The molecule has 1 aliphatic heterocycles. The maximum Gasteiger partial charge on any atom is 0.326 e. The normalized spacial score (nSPS) is 18.6. The van der Waals surface area contributed by atoms with Crippen LogP contribution in [0.2, 0.25) is 0 Å². The average Bonchev–Trinajstić information content (AvgIpc) is 2.10. The molecule has 50 valence electrons. The predicted molar refractivity (Wildman–Crippen MR) is 27.3 cm³/mol. The number of hydrogen-bond acceptors (Lipinski definition) is 3. The first-order valence-electron chi connectivity index (χ1n) is 2.43. The smallest absolute Gasteiger partial charge is 0.326 e. The van der Waals surface area contributed by atoms with Gasteiger partial charge in [-0.1, -0.05) is 0 Å². The lowest BCUT2D eigenvalue weighted by Crippen LogP contribution is -2.28. The molecule has 3 amide bonds. The zero-order valence-electron chi connectivity index (χ0n) is 4.63. The third-order valence-corrected chi connectivity index (χ3v) is 1.04. The first-order chi connectivity index (χ1) is 4.24. The molecule has 1 saturated heterocycles. The van der Waals surface area contributed by atoms with Gasteiger partial charge in [0.15, 0.2) is 0 Å². The molecule has 0 aromatic heterocycles. The minimum absolute atomic E-state index is 0.0324. The lowest BCUT2D eigenvalue weighted by Gasteiger charge is -2.05. The van der Waals surface area contributed by atoms with Crippen LogP contribution < -0.4 is 5.32 Å². The van der Waals surface area contributed by atoms with Crippen LogP contribution in [0.4, 0.5) is 4.79 Å². The van der Waals surface area contributed by atoms with Gasteiger partial charge in [0.05, 0.1) is 0 Å². The number of aliphatic hydroxyl groups is 1. The summed E-state index contributed by atoms with van der Waals surface area (Å²) in [5, 5.41) is 10.4. The lowest BCUT2D eigenvalue weighted by molar-refractivity contribution is -0.118. The Balaban J connectivity index is 2.58. The van der Waals surface area contributed by atoms with Crippen molar-refractivity contribution in [2.45, 2.75) is 0 Å². The van der Waals surface area contributed by atoms with Gasteiger partial charge in [0.2, 0.25) is 5.91 Å². The number of rotatable bonds is 1. The number of amides is 3. The molecule has 1 fully saturated rings. The molecule has 1 heterocycles. The topological polar surface area (TPSA) is 69.6 Å². The molecule has 0 bridgehead atoms. The summed E-state index contributed by atoms with van der Waals surface area (Å²) >= 11 is 0. The van der Waals surface area contributed by atoms with E-state index >= 15 is 0 Å². The van der Waals surface area contributed by atoms with E-state index in [1.165, 1.54) is 0 Å². The second kappa shape index (κ2) is 2.02. The zero-order valence-corrected chi connectivity index (χ0v) is 4.63.